The highest BCUT2D eigenvalue weighted by atomic mass is 16.5. The van der Waals surface area contributed by atoms with Crippen LogP contribution in [0.2, 0.25) is 0 Å². The van der Waals surface area contributed by atoms with Gasteiger partial charge >= 0.3 is 0 Å². The van der Waals surface area contributed by atoms with Crippen LogP contribution in [0, 0.1) is 5.92 Å². The molecule has 0 aliphatic rings. The number of hydrogen-bond donors (Lipinski definition) is 2. The molecule has 0 atom stereocenters. The third-order valence-corrected chi connectivity index (χ3v) is 3.76. The molecule has 5 nitrogen and oxygen atoms in total. The van der Waals surface area contributed by atoms with Crippen molar-refractivity contribution in [3.63, 3.8) is 0 Å². The monoisotopic (exact) mass is 356 g/mol. The lowest BCUT2D eigenvalue weighted by Gasteiger charge is -2.13. The van der Waals surface area contributed by atoms with Gasteiger partial charge in [-0.2, -0.15) is 0 Å². The number of carbonyl (C=O) groups is 1. The highest BCUT2D eigenvalue weighted by Gasteiger charge is 2.07. The Hall–Kier alpha value is -2.69. The topological polar surface area (TPSA) is 59.6 Å². The van der Waals surface area contributed by atoms with Crippen molar-refractivity contribution in [3.05, 3.63) is 48.0 Å². The summed E-state index contributed by atoms with van der Waals surface area (Å²) in [5, 5.41) is 6.31. The molecule has 0 spiro atoms. The Morgan fingerprint density at radius 1 is 1.08 bits per heavy atom. The van der Waals surface area contributed by atoms with Crippen LogP contribution >= 0.6 is 0 Å². The van der Waals surface area contributed by atoms with Crippen molar-refractivity contribution >= 4 is 17.3 Å². The van der Waals surface area contributed by atoms with Gasteiger partial charge in [-0.05, 0) is 48.7 Å². The number of anilines is 2. The summed E-state index contributed by atoms with van der Waals surface area (Å²) >= 11 is 0. The van der Waals surface area contributed by atoms with E-state index in [0.29, 0.717) is 25.5 Å². The number of rotatable bonds is 9. The maximum atomic E-state index is 11.9. The summed E-state index contributed by atoms with van der Waals surface area (Å²) in [6, 6.07) is 13.6. The molecule has 0 aromatic heterocycles. The van der Waals surface area contributed by atoms with E-state index in [9.17, 15) is 4.79 Å². The second-order valence-corrected chi connectivity index (χ2v) is 6.50. The van der Waals surface area contributed by atoms with Crippen LogP contribution in [-0.4, -0.2) is 19.6 Å². The smallest absolute Gasteiger partial charge is 0.224 e. The summed E-state index contributed by atoms with van der Waals surface area (Å²) in [7, 11) is 1.63. The molecule has 26 heavy (non-hydrogen) atoms. The van der Waals surface area contributed by atoms with Crippen LogP contribution < -0.4 is 20.1 Å². The molecule has 2 rings (SSSR count). The van der Waals surface area contributed by atoms with E-state index in [4.69, 9.17) is 9.47 Å². The Morgan fingerprint density at radius 2 is 1.85 bits per heavy atom. The number of amides is 1. The van der Waals surface area contributed by atoms with E-state index in [1.165, 1.54) is 0 Å². The van der Waals surface area contributed by atoms with Gasteiger partial charge < -0.3 is 20.1 Å². The number of methoxy groups -OCH3 is 1. The standard InChI is InChI=1S/C21H28N2O3/c1-5-26-20-12-16(9-10-19(20)25-4)14-22-17-7-6-8-18(13-17)23-21(24)11-15(2)3/h6-10,12-13,15,22H,5,11,14H2,1-4H3,(H,23,24). The maximum absolute atomic E-state index is 11.9. The van der Waals surface area contributed by atoms with E-state index in [1.807, 2.05) is 63.2 Å². The molecule has 2 aromatic carbocycles. The normalized spacial score (nSPS) is 10.5. The van der Waals surface area contributed by atoms with Gasteiger partial charge in [0.15, 0.2) is 11.5 Å². The maximum Gasteiger partial charge on any atom is 0.224 e. The molecule has 1 amide bonds. The second kappa shape index (κ2) is 9.70. The molecule has 0 fully saturated rings. The van der Waals surface area contributed by atoms with Crippen LogP contribution in [0.4, 0.5) is 11.4 Å². The Morgan fingerprint density at radius 3 is 2.54 bits per heavy atom. The molecule has 0 unspecified atom stereocenters. The average molecular weight is 356 g/mol. The summed E-state index contributed by atoms with van der Waals surface area (Å²) in [4.78, 5) is 11.9. The summed E-state index contributed by atoms with van der Waals surface area (Å²) < 4.78 is 10.9. The minimum atomic E-state index is 0.0358. The Balaban J connectivity index is 2.00. The van der Waals surface area contributed by atoms with Crippen LogP contribution in [0.3, 0.4) is 0 Å². The van der Waals surface area contributed by atoms with Gasteiger partial charge in [0.2, 0.25) is 5.91 Å². The van der Waals surface area contributed by atoms with Gasteiger partial charge in [0.25, 0.3) is 0 Å². The van der Waals surface area contributed by atoms with E-state index in [2.05, 4.69) is 10.6 Å². The van der Waals surface area contributed by atoms with Crippen molar-refractivity contribution < 1.29 is 14.3 Å². The van der Waals surface area contributed by atoms with Crippen molar-refractivity contribution in [2.75, 3.05) is 24.4 Å². The molecule has 0 saturated carbocycles. The molecule has 0 heterocycles. The zero-order valence-corrected chi connectivity index (χ0v) is 16.0. The molecule has 0 bridgehead atoms. The van der Waals surface area contributed by atoms with E-state index < -0.39 is 0 Å². The minimum absolute atomic E-state index is 0.0358. The highest BCUT2D eigenvalue weighted by molar-refractivity contribution is 5.91. The summed E-state index contributed by atoms with van der Waals surface area (Å²) in [6.07, 6.45) is 0.518. The van der Waals surface area contributed by atoms with Crippen LogP contribution in [0.15, 0.2) is 42.5 Å². The van der Waals surface area contributed by atoms with Gasteiger partial charge in [-0.15, -0.1) is 0 Å². The fourth-order valence-corrected chi connectivity index (χ4v) is 2.59. The van der Waals surface area contributed by atoms with Crippen LogP contribution in [-0.2, 0) is 11.3 Å². The molecular weight excluding hydrogens is 328 g/mol. The van der Waals surface area contributed by atoms with Gasteiger partial charge in [0.05, 0.1) is 13.7 Å². The highest BCUT2D eigenvalue weighted by Crippen LogP contribution is 2.28. The first-order valence-electron chi connectivity index (χ1n) is 8.95. The molecule has 5 heteroatoms. The quantitative estimate of drug-likeness (QED) is 0.684. The molecule has 0 aliphatic carbocycles. The molecule has 0 aliphatic heterocycles. The number of carbonyl (C=O) groups excluding carboxylic acids is 1. The zero-order valence-electron chi connectivity index (χ0n) is 16.0. The van der Waals surface area contributed by atoms with Crippen molar-refractivity contribution in [1.29, 1.82) is 0 Å². The first-order chi connectivity index (χ1) is 12.5. The van der Waals surface area contributed by atoms with Crippen LogP contribution in [0.25, 0.3) is 0 Å². The van der Waals surface area contributed by atoms with E-state index in [1.54, 1.807) is 7.11 Å². The lowest BCUT2D eigenvalue weighted by molar-refractivity contribution is -0.116. The molecule has 140 valence electrons. The molecule has 0 saturated heterocycles. The third kappa shape index (κ3) is 5.99. The van der Waals surface area contributed by atoms with Gasteiger partial charge in [-0.3, -0.25) is 4.79 Å². The minimum Gasteiger partial charge on any atom is -0.493 e. The number of nitrogens with one attached hydrogen (secondary N) is 2. The average Bonchev–Trinajstić information content (AvgIpc) is 2.60. The fraction of sp³-hybridized carbons (Fsp3) is 0.381. The van der Waals surface area contributed by atoms with Crippen LogP contribution in [0.5, 0.6) is 11.5 Å². The van der Waals surface area contributed by atoms with E-state index in [0.717, 1.165) is 28.4 Å². The van der Waals surface area contributed by atoms with E-state index >= 15 is 0 Å². The van der Waals surface area contributed by atoms with Gasteiger partial charge in [-0.1, -0.05) is 26.0 Å². The predicted molar refractivity (Wildman–Crippen MR) is 106 cm³/mol. The predicted octanol–water partition coefficient (Wildman–Crippen LogP) is 4.69. The first kappa shape index (κ1) is 19.6. The van der Waals surface area contributed by atoms with Crippen molar-refractivity contribution in [2.45, 2.75) is 33.7 Å². The molecule has 2 N–H and O–H groups in total. The first-order valence-corrected chi connectivity index (χ1v) is 8.95. The SMILES string of the molecule is CCOc1cc(CNc2cccc(NC(=O)CC(C)C)c2)ccc1OC. The number of benzene rings is 2. The zero-order chi connectivity index (χ0) is 18.9. The van der Waals surface area contributed by atoms with Gasteiger partial charge in [0, 0.05) is 24.3 Å². The Kier molecular flexibility index (Phi) is 7.33. The molecule has 0 radical (unpaired) electrons. The molecular formula is C21H28N2O3. The Bertz CT molecular complexity index is 729. The summed E-state index contributed by atoms with van der Waals surface area (Å²) in [5.41, 5.74) is 2.83. The van der Waals surface area contributed by atoms with E-state index in [-0.39, 0.29) is 5.91 Å². The van der Waals surface area contributed by atoms with Crippen LogP contribution in [0.1, 0.15) is 32.8 Å². The Labute approximate surface area is 155 Å². The lowest BCUT2D eigenvalue weighted by atomic mass is 10.1. The second-order valence-electron chi connectivity index (χ2n) is 6.50. The van der Waals surface area contributed by atoms with Crippen molar-refractivity contribution in [3.8, 4) is 11.5 Å². The van der Waals surface area contributed by atoms with Crippen molar-refractivity contribution in [2.24, 2.45) is 5.92 Å². The summed E-state index contributed by atoms with van der Waals surface area (Å²) in [6.45, 7) is 7.24. The largest absolute Gasteiger partial charge is 0.493 e. The number of ether oxygens (including phenoxy) is 2. The lowest BCUT2D eigenvalue weighted by Crippen LogP contribution is -2.13. The fourth-order valence-electron chi connectivity index (χ4n) is 2.59. The summed E-state index contributed by atoms with van der Waals surface area (Å²) in [5.74, 6) is 1.84. The van der Waals surface area contributed by atoms with Gasteiger partial charge in [-0.25, -0.2) is 0 Å². The van der Waals surface area contributed by atoms with Crippen molar-refractivity contribution in [1.82, 2.24) is 0 Å². The molecule has 2 aromatic rings. The number of hydrogen-bond acceptors (Lipinski definition) is 4. The van der Waals surface area contributed by atoms with Gasteiger partial charge in [0.1, 0.15) is 0 Å². The third-order valence-electron chi connectivity index (χ3n) is 3.76.